The molecule has 0 aliphatic heterocycles. The summed E-state index contributed by atoms with van der Waals surface area (Å²) in [6.45, 7) is 10.2. The van der Waals surface area contributed by atoms with Gasteiger partial charge < -0.3 is 20.4 Å². The molecule has 0 heterocycles. The fraction of sp³-hybridized carbons (Fsp3) is 1.00. The molecule has 0 aromatic rings. The zero-order valence-corrected chi connectivity index (χ0v) is 13.2. The molecule has 0 amide bonds. The third kappa shape index (κ3) is 11.6. The van der Waals surface area contributed by atoms with Crippen molar-refractivity contribution < 1.29 is 20.4 Å². The summed E-state index contributed by atoms with van der Waals surface area (Å²) in [7, 11) is 0. The van der Waals surface area contributed by atoms with Crippen LogP contribution in [0.15, 0.2) is 0 Å². The summed E-state index contributed by atoms with van der Waals surface area (Å²) in [6.07, 6.45) is -1.79. The molecule has 0 rings (SSSR count). The minimum absolute atomic E-state index is 0.448. The molecule has 4 N–H and O–H groups in total. The maximum atomic E-state index is 9.47. The van der Waals surface area contributed by atoms with E-state index in [2.05, 4.69) is 0 Å². The van der Waals surface area contributed by atoms with Gasteiger partial charge in [-0.05, 0) is 27.7 Å². The first kappa shape index (κ1) is 19.8. The second kappa shape index (κ2) is 10.5. The Morgan fingerprint density at radius 3 is 0.900 bits per heavy atom. The zero-order valence-electron chi connectivity index (χ0n) is 13.2. The van der Waals surface area contributed by atoms with E-state index in [4.69, 9.17) is 0 Å². The summed E-state index contributed by atoms with van der Waals surface area (Å²) in [5.74, 6) is 0. The van der Waals surface area contributed by atoms with E-state index in [1.54, 1.807) is 27.7 Å². The number of hydrogen-bond acceptors (Lipinski definition) is 6. The molecule has 0 saturated carbocycles. The largest absolute Gasteiger partial charge is 0.392 e. The van der Waals surface area contributed by atoms with E-state index in [1.165, 1.54) is 0 Å². The molecule has 0 unspecified atom stereocenters. The monoisotopic (exact) mass is 292 g/mol. The van der Waals surface area contributed by atoms with Crippen LogP contribution in [0, 0.1) is 0 Å². The van der Waals surface area contributed by atoms with Gasteiger partial charge in [-0.15, -0.1) is 0 Å². The van der Waals surface area contributed by atoms with Crippen molar-refractivity contribution in [2.45, 2.75) is 52.1 Å². The Hall–Kier alpha value is -0.240. The van der Waals surface area contributed by atoms with E-state index in [0.717, 1.165) is 0 Å². The van der Waals surface area contributed by atoms with Crippen LogP contribution in [0.3, 0.4) is 0 Å². The van der Waals surface area contributed by atoms with Crippen LogP contribution in [0.1, 0.15) is 27.7 Å². The van der Waals surface area contributed by atoms with Crippen molar-refractivity contribution in [1.29, 1.82) is 0 Å². The van der Waals surface area contributed by atoms with Crippen molar-refractivity contribution >= 4 is 0 Å². The van der Waals surface area contributed by atoms with E-state index in [1.807, 2.05) is 9.80 Å². The molecule has 6 heteroatoms. The summed E-state index contributed by atoms with van der Waals surface area (Å²) < 4.78 is 0. The number of aliphatic hydroxyl groups excluding tert-OH is 4. The molecule has 0 aromatic heterocycles. The molecule has 0 saturated heterocycles. The van der Waals surface area contributed by atoms with Crippen LogP contribution in [0.4, 0.5) is 0 Å². The van der Waals surface area contributed by atoms with Gasteiger partial charge in [0.05, 0.1) is 24.4 Å². The van der Waals surface area contributed by atoms with Gasteiger partial charge in [-0.1, -0.05) is 0 Å². The van der Waals surface area contributed by atoms with Crippen LogP contribution in [0.5, 0.6) is 0 Å². The van der Waals surface area contributed by atoms with Gasteiger partial charge in [-0.2, -0.15) is 0 Å². The maximum Gasteiger partial charge on any atom is 0.0639 e. The second-order valence-corrected chi connectivity index (χ2v) is 5.92. The fourth-order valence-electron chi connectivity index (χ4n) is 2.29. The van der Waals surface area contributed by atoms with Gasteiger partial charge in [0.2, 0.25) is 0 Å². The van der Waals surface area contributed by atoms with Crippen LogP contribution in [-0.4, -0.2) is 93.9 Å². The summed E-state index contributed by atoms with van der Waals surface area (Å²) in [5.41, 5.74) is 0. The number of hydrogen-bond donors (Lipinski definition) is 4. The molecule has 4 atom stereocenters. The minimum Gasteiger partial charge on any atom is -0.392 e. The molecule has 6 nitrogen and oxygen atoms in total. The average Bonchev–Trinajstić information content (AvgIpc) is 2.22. The molecule has 20 heavy (non-hydrogen) atoms. The van der Waals surface area contributed by atoms with Crippen molar-refractivity contribution in [3.05, 3.63) is 0 Å². The van der Waals surface area contributed by atoms with Crippen LogP contribution < -0.4 is 0 Å². The lowest BCUT2D eigenvalue weighted by Gasteiger charge is -2.30. The third-order valence-electron chi connectivity index (χ3n) is 2.82. The molecule has 0 aliphatic rings. The van der Waals surface area contributed by atoms with Crippen LogP contribution in [-0.2, 0) is 0 Å². The molecule has 0 fully saturated rings. The predicted octanol–water partition coefficient (Wildman–Crippen LogP) is -0.886. The first-order valence-electron chi connectivity index (χ1n) is 7.37. The quantitative estimate of drug-likeness (QED) is 0.395. The summed E-state index contributed by atoms with van der Waals surface area (Å²) >= 11 is 0. The molecule has 0 aromatic carbocycles. The Labute approximate surface area is 122 Å². The van der Waals surface area contributed by atoms with Gasteiger partial charge in [0, 0.05) is 39.3 Å². The Morgan fingerprint density at radius 1 is 0.550 bits per heavy atom. The standard InChI is InChI=1S/C14H32N2O4/c1-11(17)7-15(8-12(2)18)5-6-16(9-13(3)19)10-14(4)20/h11-14,17-20H,5-10H2,1-4H3/t11-,12-,13+,14+. The van der Waals surface area contributed by atoms with Crippen LogP contribution in [0.2, 0.25) is 0 Å². The Morgan fingerprint density at radius 2 is 0.750 bits per heavy atom. The van der Waals surface area contributed by atoms with Gasteiger partial charge in [-0.25, -0.2) is 0 Å². The lowest BCUT2D eigenvalue weighted by Crippen LogP contribution is -2.44. The van der Waals surface area contributed by atoms with Gasteiger partial charge >= 0.3 is 0 Å². The summed E-state index contributed by atoms with van der Waals surface area (Å²) in [4.78, 5) is 3.98. The van der Waals surface area contributed by atoms with Crippen molar-refractivity contribution in [2.24, 2.45) is 0 Å². The highest BCUT2D eigenvalue weighted by Gasteiger charge is 2.15. The van der Waals surface area contributed by atoms with Gasteiger partial charge in [0.1, 0.15) is 0 Å². The Bertz CT molecular complexity index is 191. The van der Waals surface area contributed by atoms with Crippen molar-refractivity contribution in [2.75, 3.05) is 39.3 Å². The summed E-state index contributed by atoms with van der Waals surface area (Å²) in [5, 5.41) is 37.9. The third-order valence-corrected chi connectivity index (χ3v) is 2.82. The normalized spacial score (nSPS) is 18.3. The van der Waals surface area contributed by atoms with Crippen LogP contribution >= 0.6 is 0 Å². The minimum atomic E-state index is -0.448. The van der Waals surface area contributed by atoms with Crippen molar-refractivity contribution in [1.82, 2.24) is 9.80 Å². The number of aliphatic hydroxyl groups is 4. The van der Waals surface area contributed by atoms with Gasteiger partial charge in [0.15, 0.2) is 0 Å². The zero-order chi connectivity index (χ0) is 15.7. The molecular formula is C14H32N2O4. The second-order valence-electron chi connectivity index (χ2n) is 5.92. The Kier molecular flexibility index (Phi) is 10.4. The van der Waals surface area contributed by atoms with Crippen molar-refractivity contribution in [3.63, 3.8) is 0 Å². The van der Waals surface area contributed by atoms with Gasteiger partial charge in [0.25, 0.3) is 0 Å². The molecule has 0 spiro atoms. The average molecular weight is 292 g/mol. The highest BCUT2D eigenvalue weighted by molar-refractivity contribution is 4.70. The highest BCUT2D eigenvalue weighted by Crippen LogP contribution is 2.00. The predicted molar refractivity (Wildman–Crippen MR) is 79.6 cm³/mol. The smallest absolute Gasteiger partial charge is 0.0639 e. The van der Waals surface area contributed by atoms with E-state index in [0.29, 0.717) is 39.3 Å². The SMILES string of the molecule is C[C@H](O)CN(CCN(C[C@@H](C)O)C[C@@H](C)O)C[C@H](C)O. The molecule has 122 valence electrons. The Balaban J connectivity index is 4.35. The topological polar surface area (TPSA) is 87.4 Å². The van der Waals surface area contributed by atoms with E-state index in [9.17, 15) is 20.4 Å². The highest BCUT2D eigenvalue weighted by atomic mass is 16.3. The maximum absolute atomic E-state index is 9.47. The molecule has 0 radical (unpaired) electrons. The molecule has 0 aliphatic carbocycles. The van der Waals surface area contributed by atoms with Gasteiger partial charge in [-0.3, -0.25) is 9.80 Å². The molecular weight excluding hydrogens is 260 g/mol. The fourth-order valence-corrected chi connectivity index (χ4v) is 2.29. The lowest BCUT2D eigenvalue weighted by atomic mass is 10.2. The van der Waals surface area contributed by atoms with Crippen LogP contribution in [0.25, 0.3) is 0 Å². The molecule has 0 bridgehead atoms. The summed E-state index contributed by atoms with van der Waals surface area (Å²) in [6, 6.07) is 0. The van der Waals surface area contributed by atoms with E-state index in [-0.39, 0.29) is 0 Å². The van der Waals surface area contributed by atoms with Crippen molar-refractivity contribution in [3.8, 4) is 0 Å². The van der Waals surface area contributed by atoms with E-state index >= 15 is 0 Å². The first-order valence-corrected chi connectivity index (χ1v) is 7.37. The number of nitrogens with zero attached hydrogens (tertiary/aromatic N) is 2. The lowest BCUT2D eigenvalue weighted by molar-refractivity contribution is 0.0542. The van der Waals surface area contributed by atoms with E-state index < -0.39 is 24.4 Å². The number of rotatable bonds is 11. The first-order chi connectivity index (χ1) is 9.20.